The Hall–Kier alpha value is -0.0600. The van der Waals surface area contributed by atoms with E-state index in [1.807, 2.05) is 26.0 Å². The van der Waals surface area contributed by atoms with Gasteiger partial charge in [-0.05, 0) is 39.5 Å². The van der Waals surface area contributed by atoms with Crippen molar-refractivity contribution in [1.82, 2.24) is 5.32 Å². The van der Waals surface area contributed by atoms with Gasteiger partial charge in [-0.15, -0.1) is 11.6 Å². The molecule has 0 aliphatic rings. The van der Waals surface area contributed by atoms with Gasteiger partial charge < -0.3 is 5.32 Å². The first-order valence-corrected chi connectivity index (χ1v) is 7.27. The van der Waals surface area contributed by atoms with E-state index in [-0.39, 0.29) is 11.3 Å². The van der Waals surface area contributed by atoms with Gasteiger partial charge in [-0.1, -0.05) is 29.8 Å². The average Bonchev–Trinajstić information content (AvgIpc) is 2.26. The number of halogens is 3. The lowest BCUT2D eigenvalue weighted by molar-refractivity contribution is 0.0939. The first-order valence-electron chi connectivity index (χ1n) is 5.15. The molecule has 5 heteroatoms. The summed E-state index contributed by atoms with van der Waals surface area (Å²) in [5, 5.41) is 2.88. The Kier molecular flexibility index (Phi) is 5.48. The summed E-state index contributed by atoms with van der Waals surface area (Å²) in [6.45, 7) is 4.58. The largest absolute Gasteiger partial charge is 0.351 e. The monoisotopic (exact) mass is 381 g/mol. The Labute approximate surface area is 123 Å². The summed E-state index contributed by atoms with van der Waals surface area (Å²) >= 11 is 12.5. The number of amides is 1. The molecule has 1 aromatic rings. The van der Waals surface area contributed by atoms with Crippen molar-refractivity contribution in [2.75, 3.05) is 12.4 Å². The van der Waals surface area contributed by atoms with Gasteiger partial charge in [0.2, 0.25) is 0 Å². The zero-order chi connectivity index (χ0) is 13.1. The van der Waals surface area contributed by atoms with Crippen molar-refractivity contribution in [2.45, 2.75) is 13.8 Å². The van der Waals surface area contributed by atoms with Crippen LogP contribution in [0.25, 0.3) is 0 Å². The van der Waals surface area contributed by atoms with Gasteiger partial charge in [0.1, 0.15) is 0 Å². The van der Waals surface area contributed by atoms with E-state index < -0.39 is 0 Å². The molecule has 0 aliphatic carbocycles. The van der Waals surface area contributed by atoms with E-state index >= 15 is 0 Å². The molecule has 0 heterocycles. The minimum atomic E-state index is -0.0982. The van der Waals surface area contributed by atoms with Crippen LogP contribution in [-0.2, 0) is 0 Å². The van der Waals surface area contributed by atoms with Crippen LogP contribution in [0.1, 0.15) is 24.2 Å². The fourth-order valence-electron chi connectivity index (χ4n) is 1.14. The molecule has 1 amide bonds. The highest BCUT2D eigenvalue weighted by Gasteiger charge is 2.18. The first-order chi connectivity index (χ1) is 7.85. The van der Waals surface area contributed by atoms with Gasteiger partial charge in [0, 0.05) is 21.4 Å². The second kappa shape index (κ2) is 6.21. The number of carbonyl (C=O) groups is 1. The second-order valence-electron chi connectivity index (χ2n) is 4.60. The third kappa shape index (κ3) is 4.60. The van der Waals surface area contributed by atoms with Crippen LogP contribution in [0, 0.1) is 5.41 Å². The molecule has 1 rings (SSSR count). The molecule has 1 N–H and O–H groups in total. The number of nitrogens with one attached hydrogen (secondary N) is 1. The average molecular weight is 384 g/mol. The van der Waals surface area contributed by atoms with Crippen molar-refractivity contribution in [3.8, 4) is 0 Å². The van der Waals surface area contributed by atoms with Crippen LogP contribution in [0.2, 0.25) is 0 Å². The normalized spacial score (nSPS) is 11.4. The van der Waals surface area contributed by atoms with Gasteiger partial charge in [0.05, 0.1) is 5.56 Å². The van der Waals surface area contributed by atoms with Gasteiger partial charge in [-0.3, -0.25) is 4.79 Å². The van der Waals surface area contributed by atoms with Gasteiger partial charge in [0.15, 0.2) is 0 Å². The summed E-state index contributed by atoms with van der Waals surface area (Å²) < 4.78 is 1.70. The number of rotatable bonds is 4. The van der Waals surface area contributed by atoms with Crippen LogP contribution in [-0.4, -0.2) is 18.3 Å². The number of alkyl halides is 1. The first kappa shape index (κ1) is 15.0. The van der Waals surface area contributed by atoms with Gasteiger partial charge in [-0.25, -0.2) is 0 Å². The molecular weight excluding hydrogens is 369 g/mol. The predicted molar refractivity (Wildman–Crippen MR) is 78.7 cm³/mol. The summed E-state index contributed by atoms with van der Waals surface area (Å²) in [5.74, 6) is 0.414. The Bertz CT molecular complexity index is 421. The summed E-state index contributed by atoms with van der Waals surface area (Å²) in [6.07, 6.45) is 0. The minimum Gasteiger partial charge on any atom is -0.351 e. The molecule has 17 heavy (non-hydrogen) atoms. The van der Waals surface area contributed by atoms with E-state index in [0.717, 1.165) is 8.95 Å². The fourth-order valence-corrected chi connectivity index (χ4v) is 2.46. The zero-order valence-corrected chi connectivity index (χ0v) is 13.6. The van der Waals surface area contributed by atoms with Crippen molar-refractivity contribution >= 4 is 49.4 Å². The number of benzene rings is 1. The quantitative estimate of drug-likeness (QED) is 0.776. The van der Waals surface area contributed by atoms with Crippen LogP contribution in [0.15, 0.2) is 27.1 Å². The topological polar surface area (TPSA) is 29.1 Å². The zero-order valence-electron chi connectivity index (χ0n) is 9.69. The highest BCUT2D eigenvalue weighted by atomic mass is 79.9. The maximum absolute atomic E-state index is 11.9. The molecule has 1 aromatic carbocycles. The molecule has 0 saturated carbocycles. The number of hydrogen-bond acceptors (Lipinski definition) is 1. The van der Waals surface area contributed by atoms with Crippen molar-refractivity contribution in [3.05, 3.63) is 32.7 Å². The molecule has 0 atom stereocenters. The van der Waals surface area contributed by atoms with Crippen LogP contribution in [0.5, 0.6) is 0 Å². The molecule has 0 aliphatic heterocycles. The summed E-state index contributed by atoms with van der Waals surface area (Å²) in [4.78, 5) is 11.9. The molecule has 0 aromatic heterocycles. The molecule has 0 unspecified atom stereocenters. The molecular formula is C12H14Br2ClNO. The molecule has 0 saturated heterocycles. The van der Waals surface area contributed by atoms with Crippen molar-refractivity contribution in [1.29, 1.82) is 0 Å². The Morgan fingerprint density at radius 2 is 2.06 bits per heavy atom. The van der Waals surface area contributed by atoms with Crippen LogP contribution in [0.4, 0.5) is 0 Å². The highest BCUT2D eigenvalue weighted by Crippen LogP contribution is 2.22. The van der Waals surface area contributed by atoms with Crippen molar-refractivity contribution in [2.24, 2.45) is 5.41 Å². The van der Waals surface area contributed by atoms with E-state index in [0.29, 0.717) is 18.0 Å². The van der Waals surface area contributed by atoms with Gasteiger partial charge in [0.25, 0.3) is 5.91 Å². The second-order valence-corrected chi connectivity index (χ2v) is 6.64. The van der Waals surface area contributed by atoms with E-state index in [2.05, 4.69) is 37.2 Å². The Balaban J connectivity index is 2.71. The van der Waals surface area contributed by atoms with Crippen LogP contribution >= 0.6 is 43.5 Å². The molecule has 0 radical (unpaired) electrons. The highest BCUT2D eigenvalue weighted by molar-refractivity contribution is 9.11. The maximum Gasteiger partial charge on any atom is 0.252 e. The lowest BCUT2D eigenvalue weighted by Crippen LogP contribution is -2.35. The standard InChI is InChI=1S/C12H14Br2ClNO/c1-12(2,6-15)7-16-11(17)9-4-3-8(13)5-10(9)14/h3-5H,6-7H2,1-2H3,(H,16,17). The number of carbonyl (C=O) groups excluding carboxylic acids is 1. The predicted octanol–water partition coefficient (Wildman–Crippen LogP) is 4.21. The summed E-state index contributed by atoms with van der Waals surface area (Å²) in [6, 6.07) is 5.46. The van der Waals surface area contributed by atoms with E-state index in [1.165, 1.54) is 0 Å². The van der Waals surface area contributed by atoms with Crippen molar-refractivity contribution < 1.29 is 4.79 Å². The SMILES string of the molecule is CC(C)(CCl)CNC(=O)c1ccc(Br)cc1Br. The molecule has 0 bridgehead atoms. The molecule has 0 spiro atoms. The van der Waals surface area contributed by atoms with Crippen LogP contribution in [0.3, 0.4) is 0 Å². The van der Waals surface area contributed by atoms with Gasteiger partial charge >= 0.3 is 0 Å². The lowest BCUT2D eigenvalue weighted by atomic mass is 9.96. The molecule has 94 valence electrons. The summed E-state index contributed by atoms with van der Waals surface area (Å²) in [7, 11) is 0. The third-order valence-electron chi connectivity index (χ3n) is 2.27. The van der Waals surface area contributed by atoms with Gasteiger partial charge in [-0.2, -0.15) is 0 Å². The van der Waals surface area contributed by atoms with Crippen molar-refractivity contribution in [3.63, 3.8) is 0 Å². The Morgan fingerprint density at radius 1 is 1.41 bits per heavy atom. The molecule has 0 fully saturated rings. The maximum atomic E-state index is 11.9. The van der Waals surface area contributed by atoms with E-state index in [4.69, 9.17) is 11.6 Å². The smallest absolute Gasteiger partial charge is 0.252 e. The van der Waals surface area contributed by atoms with Crippen LogP contribution < -0.4 is 5.32 Å². The Morgan fingerprint density at radius 3 is 2.59 bits per heavy atom. The summed E-state index contributed by atoms with van der Waals surface area (Å²) in [5.41, 5.74) is 0.526. The number of hydrogen-bond donors (Lipinski definition) is 1. The fraction of sp³-hybridized carbons (Fsp3) is 0.417. The molecule has 2 nitrogen and oxygen atoms in total. The lowest BCUT2D eigenvalue weighted by Gasteiger charge is -2.21. The minimum absolute atomic E-state index is 0.0948. The third-order valence-corrected chi connectivity index (χ3v) is 4.14. The van der Waals surface area contributed by atoms with E-state index in [1.54, 1.807) is 6.07 Å². The van der Waals surface area contributed by atoms with E-state index in [9.17, 15) is 4.79 Å².